The topological polar surface area (TPSA) is 79.9 Å². The van der Waals surface area contributed by atoms with Crippen LogP contribution >= 0.6 is 11.8 Å². The molecule has 7 heteroatoms. The molecule has 1 aromatic heterocycles. The van der Waals surface area contributed by atoms with Crippen LogP contribution in [0.4, 0.5) is 0 Å². The summed E-state index contributed by atoms with van der Waals surface area (Å²) in [6, 6.07) is 7.89. The number of thioether (sulfide) groups is 1. The van der Waals surface area contributed by atoms with E-state index in [0.717, 1.165) is 17.7 Å². The Bertz CT molecular complexity index is 731. The Hall–Kier alpha value is -2.02. The molecule has 6 nitrogen and oxygen atoms in total. The predicted molar refractivity (Wildman–Crippen MR) is 103 cm³/mol. The van der Waals surface area contributed by atoms with E-state index in [2.05, 4.69) is 34.3 Å². The summed E-state index contributed by atoms with van der Waals surface area (Å²) in [5, 5.41) is 10.9. The zero-order chi connectivity index (χ0) is 18.5. The highest BCUT2D eigenvalue weighted by Crippen LogP contribution is 2.29. The molecule has 1 aliphatic carbocycles. The van der Waals surface area contributed by atoms with Gasteiger partial charge in [-0.15, -0.1) is 5.10 Å². The van der Waals surface area contributed by atoms with Crippen LogP contribution in [0.5, 0.6) is 5.75 Å². The number of ether oxygens (including phenoxy) is 1. The van der Waals surface area contributed by atoms with Crippen LogP contribution in [-0.2, 0) is 4.79 Å². The highest BCUT2D eigenvalue weighted by Gasteiger charge is 2.28. The number of hydrogen-bond donors (Lipinski definition) is 2. The summed E-state index contributed by atoms with van der Waals surface area (Å²) >= 11 is 1.35. The minimum absolute atomic E-state index is 0.0525. The summed E-state index contributed by atoms with van der Waals surface area (Å²) in [6.07, 6.45) is 3.52. The van der Waals surface area contributed by atoms with Crippen molar-refractivity contribution in [3.63, 3.8) is 0 Å². The second-order valence-corrected chi connectivity index (χ2v) is 7.87. The first kappa shape index (κ1) is 18.8. The van der Waals surface area contributed by atoms with E-state index in [1.165, 1.54) is 24.6 Å². The highest BCUT2D eigenvalue weighted by atomic mass is 32.2. The average molecular weight is 375 g/mol. The van der Waals surface area contributed by atoms with E-state index in [1.54, 1.807) is 7.11 Å². The van der Waals surface area contributed by atoms with E-state index in [1.807, 2.05) is 24.3 Å². The lowest BCUT2D eigenvalue weighted by Crippen LogP contribution is -2.44. The fourth-order valence-electron chi connectivity index (χ4n) is 3.35. The van der Waals surface area contributed by atoms with Crippen molar-refractivity contribution in [3.8, 4) is 17.1 Å². The molecule has 1 amide bonds. The quantitative estimate of drug-likeness (QED) is 0.756. The number of methoxy groups -OCH3 is 1. The van der Waals surface area contributed by atoms with Crippen LogP contribution in [0.15, 0.2) is 29.4 Å². The first-order chi connectivity index (χ1) is 12.6. The van der Waals surface area contributed by atoms with Gasteiger partial charge in [0, 0.05) is 11.6 Å². The molecular weight excluding hydrogens is 348 g/mol. The molecule has 3 unspecified atom stereocenters. The summed E-state index contributed by atoms with van der Waals surface area (Å²) in [5.41, 5.74) is 0.930. The van der Waals surface area contributed by atoms with Gasteiger partial charge in [0.25, 0.3) is 0 Å². The van der Waals surface area contributed by atoms with Gasteiger partial charge < -0.3 is 10.1 Å². The van der Waals surface area contributed by atoms with Gasteiger partial charge in [0.05, 0.1) is 12.9 Å². The van der Waals surface area contributed by atoms with Gasteiger partial charge in [-0.1, -0.05) is 38.5 Å². The SMILES string of the molecule is COc1ccc(-c2nc(SCC(=O)NC3CCCC(C)C3C)n[nH]2)cc1. The maximum Gasteiger partial charge on any atom is 0.230 e. The number of benzene rings is 1. The molecule has 2 aromatic rings. The summed E-state index contributed by atoms with van der Waals surface area (Å²) in [6.45, 7) is 4.50. The second kappa shape index (κ2) is 8.58. The van der Waals surface area contributed by atoms with Crippen LogP contribution < -0.4 is 10.1 Å². The fourth-order valence-corrected chi connectivity index (χ4v) is 3.96. The fraction of sp³-hybridized carbons (Fsp3) is 0.526. The molecule has 0 radical (unpaired) electrons. The zero-order valence-electron chi connectivity index (χ0n) is 15.5. The van der Waals surface area contributed by atoms with Crippen LogP contribution in [-0.4, -0.2) is 40.0 Å². The van der Waals surface area contributed by atoms with E-state index < -0.39 is 0 Å². The molecule has 3 rings (SSSR count). The molecular formula is C19H26N4O2S. The van der Waals surface area contributed by atoms with Gasteiger partial charge in [-0.05, 0) is 42.5 Å². The maximum atomic E-state index is 12.3. The number of hydrogen-bond acceptors (Lipinski definition) is 5. The van der Waals surface area contributed by atoms with Crippen LogP contribution in [0.3, 0.4) is 0 Å². The average Bonchev–Trinajstić information content (AvgIpc) is 3.13. The number of aromatic nitrogens is 3. The number of amides is 1. The smallest absolute Gasteiger partial charge is 0.230 e. The molecule has 0 saturated heterocycles. The molecule has 1 fully saturated rings. The number of aromatic amines is 1. The Labute approximate surface area is 158 Å². The molecule has 0 spiro atoms. The summed E-state index contributed by atoms with van der Waals surface area (Å²) in [4.78, 5) is 16.7. The number of H-pyrrole nitrogens is 1. The van der Waals surface area contributed by atoms with E-state index in [4.69, 9.17) is 4.74 Å². The van der Waals surface area contributed by atoms with Crippen molar-refractivity contribution in [2.24, 2.45) is 11.8 Å². The van der Waals surface area contributed by atoms with Crippen molar-refractivity contribution >= 4 is 17.7 Å². The Balaban J connectivity index is 1.51. The van der Waals surface area contributed by atoms with Crippen LogP contribution in [0.25, 0.3) is 11.4 Å². The lowest BCUT2D eigenvalue weighted by Gasteiger charge is -2.34. The minimum Gasteiger partial charge on any atom is -0.497 e. The van der Waals surface area contributed by atoms with Crippen molar-refractivity contribution in [3.05, 3.63) is 24.3 Å². The molecule has 0 bridgehead atoms. The van der Waals surface area contributed by atoms with E-state index in [0.29, 0.717) is 28.6 Å². The minimum atomic E-state index is 0.0525. The third-order valence-electron chi connectivity index (χ3n) is 5.21. The first-order valence-corrected chi connectivity index (χ1v) is 10.0. The molecule has 1 aliphatic rings. The Morgan fingerprint density at radius 1 is 1.31 bits per heavy atom. The lowest BCUT2D eigenvalue weighted by atomic mass is 9.78. The molecule has 26 heavy (non-hydrogen) atoms. The Morgan fingerprint density at radius 3 is 2.81 bits per heavy atom. The van der Waals surface area contributed by atoms with E-state index in [-0.39, 0.29) is 11.9 Å². The largest absolute Gasteiger partial charge is 0.497 e. The van der Waals surface area contributed by atoms with E-state index >= 15 is 0 Å². The van der Waals surface area contributed by atoms with Gasteiger partial charge in [0.1, 0.15) is 5.75 Å². The summed E-state index contributed by atoms with van der Waals surface area (Å²) < 4.78 is 5.16. The number of rotatable bonds is 6. The zero-order valence-corrected chi connectivity index (χ0v) is 16.3. The summed E-state index contributed by atoms with van der Waals surface area (Å²) in [5.74, 6) is 3.06. The maximum absolute atomic E-state index is 12.3. The van der Waals surface area contributed by atoms with Crippen molar-refractivity contribution in [1.29, 1.82) is 0 Å². The van der Waals surface area contributed by atoms with Crippen LogP contribution in [0, 0.1) is 11.8 Å². The molecule has 1 aromatic carbocycles. The van der Waals surface area contributed by atoms with Crippen molar-refractivity contribution in [2.75, 3.05) is 12.9 Å². The van der Waals surface area contributed by atoms with Crippen molar-refractivity contribution in [2.45, 2.75) is 44.3 Å². The first-order valence-electron chi connectivity index (χ1n) is 9.06. The van der Waals surface area contributed by atoms with Gasteiger partial charge in [-0.3, -0.25) is 9.89 Å². The van der Waals surface area contributed by atoms with Crippen LogP contribution in [0.2, 0.25) is 0 Å². The molecule has 1 heterocycles. The molecule has 140 valence electrons. The normalized spacial score (nSPS) is 22.8. The third-order valence-corrected chi connectivity index (χ3v) is 6.06. The Kier molecular flexibility index (Phi) is 6.19. The number of carbonyl (C=O) groups is 1. The van der Waals surface area contributed by atoms with E-state index in [9.17, 15) is 4.79 Å². The number of carbonyl (C=O) groups excluding carboxylic acids is 1. The molecule has 3 atom stereocenters. The predicted octanol–water partition coefficient (Wildman–Crippen LogP) is 3.51. The summed E-state index contributed by atoms with van der Waals surface area (Å²) in [7, 11) is 1.64. The van der Waals surface area contributed by atoms with Crippen molar-refractivity contribution < 1.29 is 9.53 Å². The van der Waals surface area contributed by atoms with Crippen LogP contribution in [0.1, 0.15) is 33.1 Å². The van der Waals surface area contributed by atoms with Gasteiger partial charge in [0.15, 0.2) is 5.82 Å². The van der Waals surface area contributed by atoms with Gasteiger partial charge >= 0.3 is 0 Å². The monoisotopic (exact) mass is 374 g/mol. The second-order valence-electron chi connectivity index (χ2n) is 6.93. The molecule has 1 saturated carbocycles. The molecule has 0 aliphatic heterocycles. The highest BCUT2D eigenvalue weighted by molar-refractivity contribution is 7.99. The lowest BCUT2D eigenvalue weighted by molar-refractivity contribution is -0.120. The van der Waals surface area contributed by atoms with Gasteiger partial charge in [-0.2, -0.15) is 0 Å². The van der Waals surface area contributed by atoms with Gasteiger partial charge in [-0.25, -0.2) is 4.98 Å². The van der Waals surface area contributed by atoms with Gasteiger partial charge in [0.2, 0.25) is 11.1 Å². The standard InChI is InChI=1S/C19H26N4O2S/c1-12-5-4-6-16(13(12)2)20-17(24)11-26-19-21-18(22-23-19)14-7-9-15(25-3)10-8-14/h7-10,12-13,16H,4-6,11H2,1-3H3,(H,20,24)(H,21,22,23). The Morgan fingerprint density at radius 2 is 2.08 bits per heavy atom. The number of nitrogens with one attached hydrogen (secondary N) is 2. The van der Waals surface area contributed by atoms with Crippen molar-refractivity contribution in [1.82, 2.24) is 20.5 Å². The third kappa shape index (κ3) is 4.58. The molecule has 2 N–H and O–H groups in total. The number of nitrogens with zero attached hydrogens (tertiary/aromatic N) is 2.